The Kier molecular flexibility index (Phi) is 8.99. The van der Waals surface area contributed by atoms with Crippen LogP contribution in [0.2, 0.25) is 0 Å². The van der Waals surface area contributed by atoms with Crippen molar-refractivity contribution < 1.29 is 23.6 Å². The van der Waals surface area contributed by atoms with E-state index in [4.69, 9.17) is 14.0 Å². The van der Waals surface area contributed by atoms with E-state index >= 15 is 0 Å². The number of ether oxygens (including phenoxy) is 1. The Morgan fingerprint density at radius 2 is 1.81 bits per heavy atom. The Bertz CT molecular complexity index is 906. The Labute approximate surface area is 220 Å². The number of alkyl carbamates (subject to hydrolysis) is 1. The van der Waals surface area contributed by atoms with Crippen molar-refractivity contribution in [2.75, 3.05) is 12.3 Å². The van der Waals surface area contributed by atoms with Gasteiger partial charge in [-0.15, -0.1) is 0 Å². The molecule has 200 valence electrons. The zero-order valence-electron chi connectivity index (χ0n) is 22.9. The van der Waals surface area contributed by atoms with Crippen LogP contribution >= 0.6 is 11.8 Å². The fourth-order valence-electron chi connectivity index (χ4n) is 4.17. The number of nitrogens with zero attached hydrogens (tertiary/aromatic N) is 3. The van der Waals surface area contributed by atoms with Crippen molar-refractivity contribution in [1.29, 1.82) is 0 Å². The number of hydrogen-bond acceptors (Lipinski definition) is 8. The average molecular weight is 521 g/mol. The lowest BCUT2D eigenvalue weighted by Crippen LogP contribution is -2.53. The van der Waals surface area contributed by atoms with Crippen molar-refractivity contribution in [3.8, 4) is 0 Å². The molecule has 0 radical (unpaired) electrons. The normalized spacial score (nSPS) is 22.3. The van der Waals surface area contributed by atoms with Crippen molar-refractivity contribution >= 4 is 36.3 Å². The summed E-state index contributed by atoms with van der Waals surface area (Å²) in [6.45, 7) is 15.9. The van der Waals surface area contributed by atoms with Gasteiger partial charge in [0.15, 0.2) is 5.16 Å². The van der Waals surface area contributed by atoms with Crippen LogP contribution in [-0.2, 0) is 18.8 Å². The first-order chi connectivity index (χ1) is 16.7. The molecule has 0 aliphatic carbocycles. The molecule has 2 atom stereocenters. The number of likely N-dealkylation sites (tertiary alicyclic amines) is 1. The van der Waals surface area contributed by atoms with E-state index in [1.807, 2.05) is 32.6 Å². The highest BCUT2D eigenvalue weighted by atomic mass is 32.2. The monoisotopic (exact) mass is 520 g/mol. The molecule has 11 heteroatoms. The first kappa shape index (κ1) is 28.7. The van der Waals surface area contributed by atoms with E-state index in [0.29, 0.717) is 11.7 Å². The standard InChI is InChI=1S/C25H41BN4O5S/c1-17(29-22(32)33-23(2,3)4)20(31)30-13-10-9-11-19(30)12-14-36-21-27-15-18(16-28-21)26-34-24(5,6)25(7,8)35-26/h15-17,19H,9-14H2,1-8H3,(H,29,32)/t17-,19-/m1/s1. The zero-order valence-corrected chi connectivity index (χ0v) is 23.7. The first-order valence-corrected chi connectivity index (χ1v) is 13.8. The number of rotatable bonds is 7. The minimum absolute atomic E-state index is 0.0708. The van der Waals surface area contributed by atoms with Crippen LogP contribution in [0.3, 0.4) is 0 Å². The molecular formula is C25H41BN4O5S. The van der Waals surface area contributed by atoms with Crippen LogP contribution in [0.5, 0.6) is 0 Å². The van der Waals surface area contributed by atoms with Crippen LogP contribution < -0.4 is 10.8 Å². The molecule has 36 heavy (non-hydrogen) atoms. The number of hydrogen-bond donors (Lipinski definition) is 1. The highest BCUT2D eigenvalue weighted by Crippen LogP contribution is 2.36. The maximum Gasteiger partial charge on any atom is 0.498 e. The van der Waals surface area contributed by atoms with Gasteiger partial charge in [0.05, 0.1) is 11.2 Å². The molecule has 2 aliphatic rings. The third-order valence-corrected chi connectivity index (χ3v) is 7.78. The number of piperidine rings is 1. The molecule has 0 saturated carbocycles. The van der Waals surface area contributed by atoms with E-state index < -0.39 is 36.1 Å². The van der Waals surface area contributed by atoms with Gasteiger partial charge >= 0.3 is 13.2 Å². The number of carbonyl (C=O) groups excluding carboxylic acids is 2. The van der Waals surface area contributed by atoms with Crippen molar-refractivity contribution in [2.24, 2.45) is 0 Å². The van der Waals surface area contributed by atoms with E-state index in [1.54, 1.807) is 51.9 Å². The van der Waals surface area contributed by atoms with Crippen molar-refractivity contribution in [2.45, 2.75) is 115 Å². The maximum atomic E-state index is 13.1. The van der Waals surface area contributed by atoms with Gasteiger partial charge in [0.1, 0.15) is 11.6 Å². The summed E-state index contributed by atoms with van der Waals surface area (Å²) in [4.78, 5) is 36.1. The second kappa shape index (κ2) is 11.3. The van der Waals surface area contributed by atoms with Gasteiger partial charge in [-0.05, 0) is 81.1 Å². The predicted molar refractivity (Wildman–Crippen MR) is 141 cm³/mol. The molecule has 9 nitrogen and oxygen atoms in total. The summed E-state index contributed by atoms with van der Waals surface area (Å²) in [7, 11) is -0.480. The molecule has 3 rings (SSSR count). The fraction of sp³-hybridized carbons (Fsp3) is 0.760. The highest BCUT2D eigenvalue weighted by molar-refractivity contribution is 7.99. The van der Waals surface area contributed by atoms with E-state index in [2.05, 4.69) is 15.3 Å². The predicted octanol–water partition coefficient (Wildman–Crippen LogP) is 3.55. The molecule has 0 aromatic carbocycles. The van der Waals surface area contributed by atoms with Crippen molar-refractivity contribution in [3.63, 3.8) is 0 Å². The molecule has 1 N–H and O–H groups in total. The van der Waals surface area contributed by atoms with Gasteiger partial charge in [0.25, 0.3) is 0 Å². The lowest BCUT2D eigenvalue weighted by molar-refractivity contribution is -0.136. The average Bonchev–Trinajstić information content (AvgIpc) is 2.99. The Morgan fingerprint density at radius 3 is 2.39 bits per heavy atom. The summed E-state index contributed by atoms with van der Waals surface area (Å²) in [5, 5.41) is 3.36. The van der Waals surface area contributed by atoms with Crippen molar-refractivity contribution in [1.82, 2.24) is 20.2 Å². The summed E-state index contributed by atoms with van der Waals surface area (Å²) in [6.07, 6.45) is 6.79. The van der Waals surface area contributed by atoms with Crippen molar-refractivity contribution in [3.05, 3.63) is 12.4 Å². The third-order valence-electron chi connectivity index (χ3n) is 6.87. The van der Waals surface area contributed by atoms with E-state index in [9.17, 15) is 9.59 Å². The number of thioether (sulfide) groups is 1. The molecule has 3 heterocycles. The fourth-order valence-corrected chi connectivity index (χ4v) is 5.00. The molecule has 0 bridgehead atoms. The van der Waals surface area contributed by atoms with Crippen LogP contribution in [0, 0.1) is 0 Å². The molecule has 0 unspecified atom stereocenters. The Balaban J connectivity index is 1.50. The van der Waals surface area contributed by atoms with Crippen LogP contribution in [-0.4, -0.2) is 75.2 Å². The van der Waals surface area contributed by atoms with Gasteiger partial charge in [-0.3, -0.25) is 4.79 Å². The van der Waals surface area contributed by atoms with Gasteiger partial charge in [-0.25, -0.2) is 14.8 Å². The highest BCUT2D eigenvalue weighted by Gasteiger charge is 2.52. The maximum absolute atomic E-state index is 13.1. The zero-order chi connectivity index (χ0) is 26.7. The SMILES string of the molecule is C[C@@H](NC(=O)OC(C)(C)C)C(=O)N1CCCC[C@@H]1CCSc1ncc(B2OC(C)(C)C(C)(C)O2)cn1. The number of aromatic nitrogens is 2. The van der Waals surface area contributed by atoms with Gasteiger partial charge in [0.2, 0.25) is 5.91 Å². The van der Waals surface area contributed by atoms with Crippen LogP contribution in [0.1, 0.15) is 81.1 Å². The number of carbonyl (C=O) groups is 2. The lowest BCUT2D eigenvalue weighted by Gasteiger charge is -2.37. The summed E-state index contributed by atoms with van der Waals surface area (Å²) in [5.74, 6) is 0.719. The molecule has 0 spiro atoms. The molecule has 2 fully saturated rings. The Hall–Kier alpha value is -1.85. The summed E-state index contributed by atoms with van der Waals surface area (Å²) >= 11 is 1.57. The van der Waals surface area contributed by atoms with E-state index in [0.717, 1.165) is 36.9 Å². The quantitative estimate of drug-likeness (QED) is 0.331. The second-order valence-corrected chi connectivity index (χ2v) is 12.6. The summed E-state index contributed by atoms with van der Waals surface area (Å²) in [6, 6.07) is -0.510. The summed E-state index contributed by atoms with van der Waals surface area (Å²) < 4.78 is 17.4. The largest absolute Gasteiger partial charge is 0.498 e. The minimum Gasteiger partial charge on any atom is -0.444 e. The van der Waals surface area contributed by atoms with E-state index in [-0.39, 0.29) is 11.9 Å². The number of nitrogens with one attached hydrogen (secondary N) is 1. The molecule has 2 saturated heterocycles. The van der Waals surface area contributed by atoms with Gasteiger partial charge < -0.3 is 24.3 Å². The van der Waals surface area contributed by atoms with Gasteiger partial charge in [0, 0.05) is 36.2 Å². The van der Waals surface area contributed by atoms with E-state index in [1.165, 1.54) is 0 Å². The van der Waals surface area contributed by atoms with Crippen LogP contribution in [0.25, 0.3) is 0 Å². The molecule has 2 aliphatic heterocycles. The van der Waals surface area contributed by atoms with Gasteiger partial charge in [-0.1, -0.05) is 11.8 Å². The lowest BCUT2D eigenvalue weighted by atomic mass is 9.81. The van der Waals surface area contributed by atoms with Crippen LogP contribution in [0.4, 0.5) is 4.79 Å². The smallest absolute Gasteiger partial charge is 0.444 e. The summed E-state index contributed by atoms with van der Waals surface area (Å²) in [5.41, 5.74) is -0.626. The molecule has 1 aromatic rings. The Morgan fingerprint density at radius 1 is 1.19 bits per heavy atom. The number of amides is 2. The second-order valence-electron chi connectivity index (χ2n) is 11.6. The topological polar surface area (TPSA) is 103 Å². The first-order valence-electron chi connectivity index (χ1n) is 12.8. The molecule has 1 aromatic heterocycles. The third kappa shape index (κ3) is 7.35. The van der Waals surface area contributed by atoms with Gasteiger partial charge in [-0.2, -0.15) is 0 Å². The van der Waals surface area contributed by atoms with Crippen LogP contribution in [0.15, 0.2) is 17.6 Å². The minimum atomic E-state index is -0.640. The molecular weight excluding hydrogens is 479 g/mol. The molecule has 2 amide bonds.